The molecular formula is C18H20F3N3O3. The fraction of sp³-hybridized carbons (Fsp3) is 0.500. The summed E-state index contributed by atoms with van der Waals surface area (Å²) in [4.78, 5) is 39.9. The predicted molar refractivity (Wildman–Crippen MR) is 89.2 cm³/mol. The molecule has 27 heavy (non-hydrogen) atoms. The van der Waals surface area contributed by atoms with E-state index in [1.807, 2.05) is 30.3 Å². The molecule has 0 radical (unpaired) electrons. The maximum atomic E-state index is 12.6. The number of carbonyl (C=O) groups excluding carboxylic acids is 3. The molecule has 146 valence electrons. The van der Waals surface area contributed by atoms with Crippen LogP contribution in [-0.2, 0) is 20.9 Å². The molecule has 1 aromatic rings. The van der Waals surface area contributed by atoms with Gasteiger partial charge in [0.05, 0.1) is 5.92 Å². The minimum Gasteiger partial charge on any atom is -0.339 e. The van der Waals surface area contributed by atoms with E-state index in [9.17, 15) is 27.6 Å². The third-order valence-electron chi connectivity index (χ3n) is 4.90. The molecular weight excluding hydrogens is 363 g/mol. The number of amides is 3. The number of nitrogens with zero attached hydrogens (tertiary/aromatic N) is 3. The quantitative estimate of drug-likeness (QED) is 0.790. The topological polar surface area (TPSA) is 60.9 Å². The van der Waals surface area contributed by atoms with E-state index in [4.69, 9.17) is 0 Å². The predicted octanol–water partition coefficient (Wildman–Crippen LogP) is 1.27. The maximum Gasteiger partial charge on any atom is 0.471 e. The Morgan fingerprint density at radius 1 is 1.00 bits per heavy atom. The van der Waals surface area contributed by atoms with Gasteiger partial charge in [-0.05, 0) is 5.56 Å². The van der Waals surface area contributed by atoms with Crippen LogP contribution in [0.25, 0.3) is 0 Å². The van der Waals surface area contributed by atoms with Gasteiger partial charge in [-0.3, -0.25) is 14.4 Å². The van der Waals surface area contributed by atoms with Crippen LogP contribution in [0.4, 0.5) is 13.2 Å². The molecule has 1 aromatic carbocycles. The first-order valence-corrected chi connectivity index (χ1v) is 8.72. The highest BCUT2D eigenvalue weighted by molar-refractivity contribution is 5.89. The number of carbonyl (C=O) groups is 3. The molecule has 0 aliphatic carbocycles. The molecule has 2 aliphatic rings. The molecule has 0 bridgehead atoms. The van der Waals surface area contributed by atoms with E-state index < -0.39 is 18.0 Å². The van der Waals surface area contributed by atoms with Gasteiger partial charge in [-0.15, -0.1) is 0 Å². The monoisotopic (exact) mass is 383 g/mol. The van der Waals surface area contributed by atoms with E-state index >= 15 is 0 Å². The average Bonchev–Trinajstić information content (AvgIpc) is 3.01. The highest BCUT2D eigenvalue weighted by Gasteiger charge is 2.44. The van der Waals surface area contributed by atoms with Crippen LogP contribution < -0.4 is 0 Å². The lowest BCUT2D eigenvalue weighted by molar-refractivity contribution is -0.187. The number of rotatable bonds is 3. The number of hydrogen-bond acceptors (Lipinski definition) is 3. The molecule has 0 N–H and O–H groups in total. The van der Waals surface area contributed by atoms with Crippen molar-refractivity contribution in [2.24, 2.45) is 5.92 Å². The Bertz CT molecular complexity index is 716. The summed E-state index contributed by atoms with van der Waals surface area (Å²) < 4.78 is 37.5. The number of hydrogen-bond donors (Lipinski definition) is 0. The Hall–Kier alpha value is -2.58. The molecule has 0 aromatic heterocycles. The fourth-order valence-electron chi connectivity index (χ4n) is 3.46. The van der Waals surface area contributed by atoms with Crippen molar-refractivity contribution in [1.29, 1.82) is 0 Å². The van der Waals surface area contributed by atoms with Crippen LogP contribution in [0.1, 0.15) is 12.0 Å². The SMILES string of the molecule is O=C1CC(C(=O)N2CCN(C(=O)C(F)(F)F)CC2)CN1Cc1ccccc1. The van der Waals surface area contributed by atoms with Gasteiger partial charge in [-0.2, -0.15) is 13.2 Å². The molecule has 2 heterocycles. The summed E-state index contributed by atoms with van der Waals surface area (Å²) in [6.45, 7) is 0.511. The molecule has 9 heteroatoms. The number of alkyl halides is 3. The van der Waals surface area contributed by atoms with Crippen LogP contribution in [0.15, 0.2) is 30.3 Å². The zero-order valence-electron chi connectivity index (χ0n) is 14.6. The Kier molecular flexibility index (Phi) is 5.38. The standard InChI is InChI=1S/C18H20F3N3O3/c19-18(20,21)17(27)23-8-6-22(7-9-23)16(26)14-10-15(25)24(12-14)11-13-4-2-1-3-5-13/h1-5,14H,6-12H2. The van der Waals surface area contributed by atoms with Gasteiger partial charge in [0.25, 0.3) is 0 Å². The number of likely N-dealkylation sites (tertiary alicyclic amines) is 1. The number of benzene rings is 1. The van der Waals surface area contributed by atoms with Gasteiger partial charge in [0.1, 0.15) is 0 Å². The van der Waals surface area contributed by atoms with E-state index in [1.165, 1.54) is 4.90 Å². The number of halogens is 3. The second kappa shape index (κ2) is 7.58. The number of piperazine rings is 1. The second-order valence-corrected chi connectivity index (χ2v) is 6.78. The van der Waals surface area contributed by atoms with Crippen molar-refractivity contribution in [2.75, 3.05) is 32.7 Å². The Morgan fingerprint density at radius 3 is 2.19 bits per heavy atom. The molecule has 2 fully saturated rings. The van der Waals surface area contributed by atoms with Gasteiger partial charge in [0.2, 0.25) is 11.8 Å². The Labute approximate surface area is 154 Å². The van der Waals surface area contributed by atoms with Crippen LogP contribution in [-0.4, -0.2) is 71.3 Å². The van der Waals surface area contributed by atoms with Gasteiger partial charge >= 0.3 is 12.1 Å². The lowest BCUT2D eigenvalue weighted by Gasteiger charge is -2.36. The van der Waals surface area contributed by atoms with Crippen LogP contribution in [0.2, 0.25) is 0 Å². The van der Waals surface area contributed by atoms with E-state index in [2.05, 4.69) is 0 Å². The molecule has 1 unspecified atom stereocenters. The van der Waals surface area contributed by atoms with Crippen molar-refractivity contribution in [1.82, 2.24) is 14.7 Å². The highest BCUT2D eigenvalue weighted by atomic mass is 19.4. The van der Waals surface area contributed by atoms with E-state index in [1.54, 1.807) is 4.90 Å². The van der Waals surface area contributed by atoms with Crippen LogP contribution in [0, 0.1) is 5.92 Å². The summed E-state index contributed by atoms with van der Waals surface area (Å²) in [7, 11) is 0. The lowest BCUT2D eigenvalue weighted by atomic mass is 10.1. The molecule has 1 atom stereocenters. The summed E-state index contributed by atoms with van der Waals surface area (Å²) in [6, 6.07) is 9.43. The van der Waals surface area contributed by atoms with E-state index in [0.29, 0.717) is 18.0 Å². The summed E-state index contributed by atoms with van der Waals surface area (Å²) in [6.07, 6.45) is -4.80. The second-order valence-electron chi connectivity index (χ2n) is 6.78. The first-order valence-electron chi connectivity index (χ1n) is 8.72. The maximum absolute atomic E-state index is 12.6. The van der Waals surface area contributed by atoms with Gasteiger partial charge in [0, 0.05) is 45.7 Å². The van der Waals surface area contributed by atoms with Crippen molar-refractivity contribution in [2.45, 2.75) is 19.1 Å². The minimum absolute atomic E-state index is 0.0457. The third kappa shape index (κ3) is 4.40. The summed E-state index contributed by atoms with van der Waals surface area (Å²) in [5, 5.41) is 0. The van der Waals surface area contributed by atoms with Gasteiger partial charge in [-0.1, -0.05) is 30.3 Å². The minimum atomic E-state index is -4.90. The van der Waals surface area contributed by atoms with Crippen molar-refractivity contribution < 1.29 is 27.6 Å². The van der Waals surface area contributed by atoms with Crippen molar-refractivity contribution >= 4 is 17.7 Å². The van der Waals surface area contributed by atoms with Crippen molar-refractivity contribution in [3.8, 4) is 0 Å². The van der Waals surface area contributed by atoms with Gasteiger partial charge in [0.15, 0.2) is 0 Å². The molecule has 0 spiro atoms. The molecule has 6 nitrogen and oxygen atoms in total. The Balaban J connectivity index is 1.53. The van der Waals surface area contributed by atoms with Gasteiger partial charge in [-0.25, -0.2) is 0 Å². The summed E-state index contributed by atoms with van der Waals surface area (Å²) in [5.41, 5.74) is 0.971. The van der Waals surface area contributed by atoms with Crippen LogP contribution >= 0.6 is 0 Å². The molecule has 2 aliphatic heterocycles. The zero-order valence-corrected chi connectivity index (χ0v) is 14.6. The lowest BCUT2D eigenvalue weighted by Crippen LogP contribution is -2.54. The zero-order chi connectivity index (χ0) is 19.6. The first-order chi connectivity index (χ1) is 12.8. The van der Waals surface area contributed by atoms with Crippen LogP contribution in [0.5, 0.6) is 0 Å². The average molecular weight is 383 g/mol. The van der Waals surface area contributed by atoms with Crippen LogP contribution in [0.3, 0.4) is 0 Å². The summed E-state index contributed by atoms with van der Waals surface area (Å²) in [5.74, 6) is -2.72. The van der Waals surface area contributed by atoms with E-state index in [0.717, 1.165) is 5.56 Å². The Morgan fingerprint density at radius 2 is 1.59 bits per heavy atom. The fourth-order valence-corrected chi connectivity index (χ4v) is 3.46. The molecule has 3 rings (SSSR count). The molecule has 0 saturated carbocycles. The van der Waals surface area contributed by atoms with Gasteiger partial charge < -0.3 is 14.7 Å². The van der Waals surface area contributed by atoms with Crippen molar-refractivity contribution in [3.63, 3.8) is 0 Å². The smallest absolute Gasteiger partial charge is 0.339 e. The largest absolute Gasteiger partial charge is 0.471 e. The normalized spacial score (nSPS) is 20.9. The molecule has 3 amide bonds. The van der Waals surface area contributed by atoms with E-state index in [-0.39, 0.29) is 44.4 Å². The summed E-state index contributed by atoms with van der Waals surface area (Å²) >= 11 is 0. The highest BCUT2D eigenvalue weighted by Crippen LogP contribution is 2.24. The van der Waals surface area contributed by atoms with Crippen molar-refractivity contribution in [3.05, 3.63) is 35.9 Å². The third-order valence-corrected chi connectivity index (χ3v) is 4.90. The first kappa shape index (κ1) is 19.2. The molecule has 2 saturated heterocycles.